The second kappa shape index (κ2) is 6.96. The zero-order valence-corrected chi connectivity index (χ0v) is 20.6. The normalized spacial score (nSPS) is 20.7. The third-order valence-electron chi connectivity index (χ3n) is 5.36. The number of hydrogen-bond donors (Lipinski definition) is 2. The maximum absolute atomic E-state index is 12.8. The van der Waals surface area contributed by atoms with Crippen molar-refractivity contribution < 1.29 is 9.59 Å². The van der Waals surface area contributed by atoms with E-state index in [0.29, 0.717) is 17.0 Å². The number of amides is 2. The minimum atomic E-state index is -0.575. The Morgan fingerprint density at radius 3 is 2.14 bits per heavy atom. The summed E-state index contributed by atoms with van der Waals surface area (Å²) < 4.78 is -0.401. The smallest absolute Gasteiger partial charge is 0.252 e. The van der Waals surface area contributed by atoms with Crippen LogP contribution in [-0.2, 0) is 10.2 Å². The van der Waals surface area contributed by atoms with Gasteiger partial charge in [-0.25, -0.2) is 0 Å². The number of carbonyl (C=O) groups is 2. The Balaban J connectivity index is 2.00. The van der Waals surface area contributed by atoms with Crippen LogP contribution in [-0.4, -0.2) is 15.0 Å². The third kappa shape index (κ3) is 3.68. The topological polar surface area (TPSA) is 72.2 Å². The number of hydrogen-bond acceptors (Lipinski definition) is 3. The van der Waals surface area contributed by atoms with Gasteiger partial charge in [-0.1, -0.05) is 76.9 Å². The van der Waals surface area contributed by atoms with Gasteiger partial charge in [0.25, 0.3) is 5.91 Å². The van der Waals surface area contributed by atoms with Gasteiger partial charge in [0, 0.05) is 10.4 Å². The van der Waals surface area contributed by atoms with Crippen LogP contribution in [0.2, 0.25) is 0 Å². The largest absolute Gasteiger partial charge is 0.365 e. The molecule has 1 atom stereocenters. The molecule has 7 heteroatoms. The number of anilines is 1. The van der Waals surface area contributed by atoms with Crippen LogP contribution in [0.1, 0.15) is 54.9 Å². The summed E-state index contributed by atoms with van der Waals surface area (Å²) in [5.74, 6) is -0.681. The number of benzene rings is 1. The monoisotopic (exact) mass is 526 g/mol. The first kappa shape index (κ1) is 21.5. The molecule has 1 aliphatic carbocycles. The lowest BCUT2D eigenvalue weighted by atomic mass is 9.86. The number of primary amides is 1. The Morgan fingerprint density at radius 2 is 1.71 bits per heavy atom. The summed E-state index contributed by atoms with van der Waals surface area (Å²) in [7, 11) is 0. The summed E-state index contributed by atoms with van der Waals surface area (Å²) in [5.41, 5.74) is 8.49. The van der Waals surface area contributed by atoms with E-state index < -0.39 is 14.6 Å². The maximum atomic E-state index is 12.8. The summed E-state index contributed by atoms with van der Waals surface area (Å²) in [4.78, 5) is 26.0. The minimum Gasteiger partial charge on any atom is -0.365 e. The van der Waals surface area contributed by atoms with Crippen LogP contribution in [0.25, 0.3) is 11.1 Å². The van der Waals surface area contributed by atoms with E-state index in [1.54, 1.807) is 0 Å². The van der Waals surface area contributed by atoms with Crippen LogP contribution in [0, 0.1) is 12.3 Å². The van der Waals surface area contributed by atoms with Gasteiger partial charge in [0.05, 0.1) is 14.2 Å². The standard InChI is InChI=1S/C21H24Br2N2O2S/c1-11-14(12-6-8-13(9-7-12)19(2,3)4)15(16(24)26)17(28-11)25-18(27)20(5)10-21(20,22)23/h6-9H,10H2,1-5H3,(H2,24,26)(H,25,27)/t20-/m0/s1. The molecule has 0 unspecified atom stereocenters. The van der Waals surface area contributed by atoms with E-state index in [1.165, 1.54) is 16.9 Å². The lowest BCUT2D eigenvalue weighted by Gasteiger charge is -2.19. The van der Waals surface area contributed by atoms with Gasteiger partial charge in [-0.2, -0.15) is 0 Å². The molecule has 28 heavy (non-hydrogen) atoms. The summed E-state index contributed by atoms with van der Waals surface area (Å²) in [6.45, 7) is 10.3. The molecular formula is C21H24Br2N2O2S. The first-order valence-electron chi connectivity index (χ1n) is 9.01. The molecule has 3 N–H and O–H groups in total. The fraction of sp³-hybridized carbons (Fsp3) is 0.429. The predicted molar refractivity (Wildman–Crippen MR) is 124 cm³/mol. The van der Waals surface area contributed by atoms with Gasteiger partial charge in [-0.3, -0.25) is 9.59 Å². The van der Waals surface area contributed by atoms with Crippen molar-refractivity contribution in [3.05, 3.63) is 40.3 Å². The predicted octanol–water partition coefficient (Wildman–Crippen LogP) is 5.95. The Kier molecular flexibility index (Phi) is 5.35. The van der Waals surface area contributed by atoms with Crippen molar-refractivity contribution in [2.24, 2.45) is 11.1 Å². The molecule has 1 aromatic heterocycles. The Labute approximate surface area is 186 Å². The molecule has 1 aliphatic rings. The molecule has 1 saturated carbocycles. The van der Waals surface area contributed by atoms with Crippen LogP contribution in [0.4, 0.5) is 5.00 Å². The van der Waals surface area contributed by atoms with Crippen molar-refractivity contribution in [2.45, 2.75) is 49.7 Å². The van der Waals surface area contributed by atoms with E-state index in [9.17, 15) is 9.59 Å². The third-order valence-corrected chi connectivity index (χ3v) is 8.69. The van der Waals surface area contributed by atoms with Gasteiger partial charge in [-0.15, -0.1) is 11.3 Å². The molecule has 1 heterocycles. The van der Waals surface area contributed by atoms with Gasteiger partial charge in [-0.05, 0) is 36.8 Å². The van der Waals surface area contributed by atoms with Crippen molar-refractivity contribution in [1.82, 2.24) is 0 Å². The Morgan fingerprint density at radius 1 is 1.18 bits per heavy atom. The highest BCUT2D eigenvalue weighted by Gasteiger charge is 2.66. The van der Waals surface area contributed by atoms with Crippen LogP contribution in [0.15, 0.2) is 24.3 Å². The zero-order valence-electron chi connectivity index (χ0n) is 16.6. The van der Waals surface area contributed by atoms with Gasteiger partial charge in [0.1, 0.15) is 5.00 Å². The van der Waals surface area contributed by atoms with E-state index in [4.69, 9.17) is 5.73 Å². The average molecular weight is 528 g/mol. The Hall–Kier alpha value is -1.18. The quantitative estimate of drug-likeness (QED) is 0.482. The highest BCUT2D eigenvalue weighted by molar-refractivity contribution is 9.25. The fourth-order valence-electron chi connectivity index (χ4n) is 3.24. The number of halogens is 2. The number of aryl methyl sites for hydroxylation is 1. The first-order valence-corrected chi connectivity index (χ1v) is 11.4. The van der Waals surface area contributed by atoms with Crippen LogP contribution >= 0.6 is 43.2 Å². The maximum Gasteiger partial charge on any atom is 0.252 e. The van der Waals surface area contributed by atoms with Crippen LogP contribution in [0.3, 0.4) is 0 Å². The van der Waals surface area contributed by atoms with Crippen molar-refractivity contribution in [3.63, 3.8) is 0 Å². The van der Waals surface area contributed by atoms with Crippen molar-refractivity contribution in [1.29, 1.82) is 0 Å². The minimum absolute atomic E-state index is 0.0471. The number of thiophene rings is 1. The first-order chi connectivity index (χ1) is 12.8. The van der Waals surface area contributed by atoms with Crippen molar-refractivity contribution in [2.75, 3.05) is 5.32 Å². The van der Waals surface area contributed by atoms with Crippen molar-refractivity contribution in [3.8, 4) is 11.1 Å². The number of rotatable bonds is 4. The second-order valence-electron chi connectivity index (χ2n) is 8.60. The number of nitrogens with one attached hydrogen (secondary N) is 1. The van der Waals surface area contributed by atoms with Crippen LogP contribution < -0.4 is 11.1 Å². The molecule has 150 valence electrons. The summed E-state index contributed by atoms with van der Waals surface area (Å²) in [5, 5.41) is 3.44. The molecule has 0 aliphatic heterocycles. The fourth-order valence-corrected chi connectivity index (χ4v) is 5.80. The molecule has 4 nitrogen and oxygen atoms in total. The average Bonchev–Trinajstić information content (AvgIpc) is 2.93. The summed E-state index contributed by atoms with van der Waals surface area (Å²) >= 11 is 8.42. The van der Waals surface area contributed by atoms with Crippen molar-refractivity contribution >= 4 is 60.0 Å². The van der Waals surface area contributed by atoms with E-state index in [2.05, 4.69) is 70.1 Å². The molecule has 1 aromatic carbocycles. The van der Waals surface area contributed by atoms with Gasteiger partial charge in [0.15, 0.2) is 0 Å². The van der Waals surface area contributed by atoms with E-state index >= 15 is 0 Å². The number of nitrogens with two attached hydrogens (primary N) is 1. The lowest BCUT2D eigenvalue weighted by molar-refractivity contribution is -0.120. The molecule has 0 bridgehead atoms. The summed E-state index contributed by atoms with van der Waals surface area (Å²) in [6, 6.07) is 8.17. The molecule has 1 fully saturated rings. The van der Waals surface area contributed by atoms with Gasteiger partial charge < -0.3 is 11.1 Å². The van der Waals surface area contributed by atoms with E-state index in [-0.39, 0.29) is 11.3 Å². The number of alkyl halides is 2. The van der Waals surface area contributed by atoms with Gasteiger partial charge >= 0.3 is 0 Å². The zero-order chi connectivity index (χ0) is 21.1. The molecule has 2 aromatic rings. The molecule has 2 amide bonds. The van der Waals surface area contributed by atoms with Crippen LogP contribution in [0.5, 0.6) is 0 Å². The second-order valence-corrected chi connectivity index (χ2v) is 13.6. The Bertz CT molecular complexity index is 958. The highest BCUT2D eigenvalue weighted by atomic mass is 79.9. The summed E-state index contributed by atoms with van der Waals surface area (Å²) in [6.07, 6.45) is 0.670. The molecule has 0 saturated heterocycles. The highest BCUT2D eigenvalue weighted by Crippen LogP contribution is 2.66. The lowest BCUT2D eigenvalue weighted by Crippen LogP contribution is -2.26. The number of carbonyl (C=O) groups excluding carboxylic acids is 2. The van der Waals surface area contributed by atoms with E-state index in [0.717, 1.165) is 16.0 Å². The molecule has 3 rings (SSSR count). The molecular weight excluding hydrogens is 504 g/mol. The van der Waals surface area contributed by atoms with Gasteiger partial charge in [0.2, 0.25) is 5.91 Å². The molecule has 0 radical (unpaired) electrons. The van der Waals surface area contributed by atoms with E-state index in [1.807, 2.05) is 26.0 Å². The molecule has 0 spiro atoms. The SMILES string of the molecule is Cc1sc(NC(=O)[C@]2(C)CC2(Br)Br)c(C(N)=O)c1-c1ccc(C(C)(C)C)cc1.